The average Bonchev–Trinajstić information content (AvgIpc) is 3.73. The predicted molar refractivity (Wildman–Crippen MR) is 257 cm³/mol. The van der Waals surface area contributed by atoms with Crippen LogP contribution in [-0.4, -0.2) is 14.4 Å². The van der Waals surface area contributed by atoms with Crippen LogP contribution >= 0.6 is 0 Å². The van der Waals surface area contributed by atoms with Gasteiger partial charge in [-0.3, -0.25) is 9.38 Å². The second-order valence-corrected chi connectivity index (χ2v) is 16.1. The molecule has 0 atom stereocenters. The number of hydrogen-bond donors (Lipinski definition) is 0. The van der Waals surface area contributed by atoms with Gasteiger partial charge in [0.05, 0.1) is 22.1 Å². The standard InChI is InChI=1S/C58H35N3/c1-3-12-40-32-44(25-23-36(40)10-1)55-46-14-5-6-15-47(46)56(45-26-24-37-11-2-4-13-41(37)33-45)50-34-42(27-29-48(50)55)38-19-21-39(22-20-38)43-28-30-53-51(35-43)57-49(16-9-31-59-57)58-60-52-17-7-8-18-54(52)61(53)58/h1-35H. The van der Waals surface area contributed by atoms with Crippen molar-refractivity contribution < 1.29 is 0 Å². The number of para-hydroxylation sites is 2. The third kappa shape index (κ3) is 5.24. The summed E-state index contributed by atoms with van der Waals surface area (Å²) >= 11 is 0. The van der Waals surface area contributed by atoms with Crippen molar-refractivity contribution in [3.63, 3.8) is 0 Å². The van der Waals surface area contributed by atoms with E-state index in [1.165, 1.54) is 76.5 Å². The topological polar surface area (TPSA) is 30.2 Å². The Hall–Kier alpha value is -8.14. The van der Waals surface area contributed by atoms with Crippen molar-refractivity contribution in [2.75, 3.05) is 0 Å². The molecule has 0 N–H and O–H groups in total. The molecule has 0 fully saturated rings. The van der Waals surface area contributed by atoms with Crippen LogP contribution in [0.4, 0.5) is 0 Å². The van der Waals surface area contributed by atoms with Gasteiger partial charge in [-0.05, 0) is 142 Å². The summed E-state index contributed by atoms with van der Waals surface area (Å²) in [5.74, 6) is 0. The van der Waals surface area contributed by atoms with Crippen LogP contribution in [0.1, 0.15) is 0 Å². The van der Waals surface area contributed by atoms with Crippen LogP contribution < -0.4 is 0 Å². The van der Waals surface area contributed by atoms with Crippen molar-refractivity contribution in [2.24, 2.45) is 0 Å². The first-order valence-corrected chi connectivity index (χ1v) is 20.9. The van der Waals surface area contributed by atoms with Gasteiger partial charge < -0.3 is 0 Å². The highest BCUT2D eigenvalue weighted by atomic mass is 15.0. The maximum Gasteiger partial charge on any atom is 0.147 e. The van der Waals surface area contributed by atoms with Crippen LogP contribution in [0.25, 0.3) is 126 Å². The molecule has 61 heavy (non-hydrogen) atoms. The number of fused-ring (bicyclic) bond motifs is 12. The number of benzene rings is 10. The molecular weight excluding hydrogens is 739 g/mol. The van der Waals surface area contributed by atoms with Crippen molar-refractivity contribution >= 4 is 81.6 Å². The molecule has 0 bridgehead atoms. The van der Waals surface area contributed by atoms with Crippen molar-refractivity contribution in [2.45, 2.75) is 0 Å². The van der Waals surface area contributed by atoms with Crippen molar-refractivity contribution in [1.29, 1.82) is 0 Å². The number of pyridine rings is 2. The maximum atomic E-state index is 5.03. The highest BCUT2D eigenvalue weighted by Gasteiger charge is 2.19. The lowest BCUT2D eigenvalue weighted by Gasteiger charge is -2.19. The molecule has 0 aliphatic heterocycles. The van der Waals surface area contributed by atoms with Crippen LogP contribution in [0.3, 0.4) is 0 Å². The van der Waals surface area contributed by atoms with Crippen LogP contribution in [0, 0.1) is 0 Å². The lowest BCUT2D eigenvalue weighted by atomic mass is 9.84. The summed E-state index contributed by atoms with van der Waals surface area (Å²) in [5.41, 5.74) is 14.7. The number of rotatable bonds is 4. The van der Waals surface area contributed by atoms with Crippen molar-refractivity contribution in [3.8, 4) is 44.5 Å². The third-order valence-electron chi connectivity index (χ3n) is 12.8. The van der Waals surface area contributed by atoms with Gasteiger partial charge in [-0.2, -0.15) is 0 Å². The molecule has 0 aliphatic carbocycles. The van der Waals surface area contributed by atoms with Gasteiger partial charge in [0, 0.05) is 17.0 Å². The monoisotopic (exact) mass is 773 g/mol. The molecule has 0 unspecified atom stereocenters. The summed E-state index contributed by atoms with van der Waals surface area (Å²) in [6, 6.07) is 75.4. The Morgan fingerprint density at radius 2 is 0.820 bits per heavy atom. The van der Waals surface area contributed by atoms with E-state index >= 15 is 0 Å². The normalized spacial score (nSPS) is 11.9. The summed E-state index contributed by atoms with van der Waals surface area (Å²) in [4.78, 5) is 9.93. The molecule has 0 spiro atoms. The average molecular weight is 774 g/mol. The fraction of sp³-hybridized carbons (Fsp3) is 0. The van der Waals surface area contributed by atoms with Crippen molar-refractivity contribution in [1.82, 2.24) is 14.4 Å². The minimum absolute atomic E-state index is 0.936. The van der Waals surface area contributed by atoms with Crippen LogP contribution in [0.15, 0.2) is 212 Å². The van der Waals surface area contributed by atoms with Gasteiger partial charge in [-0.1, -0.05) is 152 Å². The van der Waals surface area contributed by atoms with E-state index in [1.807, 2.05) is 18.3 Å². The van der Waals surface area contributed by atoms with E-state index in [9.17, 15) is 0 Å². The second kappa shape index (κ2) is 13.2. The van der Waals surface area contributed by atoms with Gasteiger partial charge in [0.2, 0.25) is 0 Å². The molecule has 3 aromatic heterocycles. The fourth-order valence-electron chi connectivity index (χ4n) is 9.88. The Labute approximate surface area is 351 Å². The molecule has 10 aromatic carbocycles. The number of hydrogen-bond acceptors (Lipinski definition) is 2. The van der Waals surface area contributed by atoms with Gasteiger partial charge >= 0.3 is 0 Å². The Kier molecular flexibility index (Phi) is 7.31. The quantitative estimate of drug-likeness (QED) is 0.132. The van der Waals surface area contributed by atoms with Gasteiger partial charge in [-0.25, -0.2) is 4.98 Å². The molecule has 13 rings (SSSR count). The smallest absolute Gasteiger partial charge is 0.147 e. The second-order valence-electron chi connectivity index (χ2n) is 16.1. The van der Waals surface area contributed by atoms with Gasteiger partial charge in [0.15, 0.2) is 0 Å². The van der Waals surface area contributed by atoms with Crippen LogP contribution in [0.2, 0.25) is 0 Å². The number of imidazole rings is 1. The molecule has 0 amide bonds. The highest BCUT2D eigenvalue weighted by Crippen LogP contribution is 2.46. The van der Waals surface area contributed by atoms with Gasteiger partial charge in [0.1, 0.15) is 5.65 Å². The Morgan fingerprint density at radius 3 is 1.51 bits per heavy atom. The molecule has 0 aliphatic rings. The minimum atomic E-state index is 0.936. The number of aromatic nitrogens is 3. The minimum Gasteiger partial charge on any atom is -0.292 e. The first-order valence-electron chi connectivity index (χ1n) is 20.9. The van der Waals surface area contributed by atoms with E-state index in [-0.39, 0.29) is 0 Å². The summed E-state index contributed by atoms with van der Waals surface area (Å²) in [7, 11) is 0. The summed E-state index contributed by atoms with van der Waals surface area (Å²) in [6.07, 6.45) is 1.88. The lowest BCUT2D eigenvalue weighted by Crippen LogP contribution is -1.93. The van der Waals surface area contributed by atoms with Crippen molar-refractivity contribution in [3.05, 3.63) is 212 Å². The maximum absolute atomic E-state index is 5.03. The fourth-order valence-corrected chi connectivity index (χ4v) is 9.88. The molecule has 13 aromatic rings. The zero-order valence-electron chi connectivity index (χ0n) is 33.0. The first-order chi connectivity index (χ1) is 30.2. The van der Waals surface area contributed by atoms with E-state index in [0.717, 1.165) is 49.6 Å². The predicted octanol–water partition coefficient (Wildman–Crippen LogP) is 15.5. The van der Waals surface area contributed by atoms with Crippen LogP contribution in [-0.2, 0) is 0 Å². The molecule has 3 nitrogen and oxygen atoms in total. The summed E-state index contributed by atoms with van der Waals surface area (Å²) in [5, 5.41) is 12.1. The molecule has 3 heterocycles. The molecule has 3 heteroatoms. The first kappa shape index (κ1) is 33.8. The lowest BCUT2D eigenvalue weighted by molar-refractivity contribution is 1.30. The SMILES string of the molecule is c1ccc2cc(-c3c4ccccc4c(-c4ccc5ccccc5c4)c4cc(-c5ccc(-c6ccc7c(c6)c6ncccc6c6nc8ccccc8n76)cc5)ccc34)ccc2c1. The van der Waals surface area contributed by atoms with E-state index < -0.39 is 0 Å². The largest absolute Gasteiger partial charge is 0.292 e. The highest BCUT2D eigenvalue weighted by molar-refractivity contribution is 6.23. The van der Waals surface area contributed by atoms with E-state index in [0.29, 0.717) is 0 Å². The molecule has 0 saturated carbocycles. The molecule has 282 valence electrons. The van der Waals surface area contributed by atoms with E-state index in [4.69, 9.17) is 9.97 Å². The Morgan fingerprint density at radius 1 is 0.311 bits per heavy atom. The molecule has 0 saturated heterocycles. The van der Waals surface area contributed by atoms with Crippen LogP contribution in [0.5, 0.6) is 0 Å². The third-order valence-corrected chi connectivity index (χ3v) is 12.8. The molecular formula is C58H35N3. The molecule has 0 radical (unpaired) electrons. The summed E-state index contributed by atoms with van der Waals surface area (Å²) in [6.45, 7) is 0. The van der Waals surface area contributed by atoms with E-state index in [1.54, 1.807) is 0 Å². The van der Waals surface area contributed by atoms with Gasteiger partial charge in [0.25, 0.3) is 0 Å². The zero-order valence-corrected chi connectivity index (χ0v) is 33.0. The summed E-state index contributed by atoms with van der Waals surface area (Å²) < 4.78 is 2.28. The number of nitrogens with zero attached hydrogens (tertiary/aromatic N) is 3. The Bertz CT molecular complexity index is 3930. The zero-order chi connectivity index (χ0) is 40.0. The van der Waals surface area contributed by atoms with Gasteiger partial charge in [-0.15, -0.1) is 0 Å². The van der Waals surface area contributed by atoms with E-state index in [2.05, 4.69) is 199 Å². The Balaban J connectivity index is 0.989.